The van der Waals surface area contributed by atoms with E-state index in [0.717, 1.165) is 37.4 Å². The zero-order valence-corrected chi connectivity index (χ0v) is 16.4. The van der Waals surface area contributed by atoms with Crippen LogP contribution in [0.2, 0.25) is 5.02 Å². The minimum absolute atomic E-state index is 0. The third-order valence-corrected chi connectivity index (χ3v) is 4.23. The van der Waals surface area contributed by atoms with Crippen LogP contribution >= 0.6 is 36.4 Å². The molecule has 1 unspecified atom stereocenters. The van der Waals surface area contributed by atoms with Crippen LogP contribution in [0.4, 0.5) is 5.69 Å². The van der Waals surface area contributed by atoms with Gasteiger partial charge in [0.1, 0.15) is 5.75 Å². The summed E-state index contributed by atoms with van der Waals surface area (Å²) in [6, 6.07) is 5.82. The highest BCUT2D eigenvalue weighted by Gasteiger charge is 2.22. The van der Waals surface area contributed by atoms with Gasteiger partial charge < -0.3 is 20.3 Å². The third kappa shape index (κ3) is 6.55. The number of hydrogen-bond donors (Lipinski definition) is 2. The van der Waals surface area contributed by atoms with Gasteiger partial charge in [-0.1, -0.05) is 11.6 Å². The molecule has 1 atom stereocenters. The maximum atomic E-state index is 12.3. The van der Waals surface area contributed by atoms with Gasteiger partial charge in [-0.25, -0.2) is 0 Å². The maximum Gasteiger partial charge on any atom is 0.224 e. The van der Waals surface area contributed by atoms with E-state index in [0.29, 0.717) is 24.0 Å². The molecule has 0 saturated carbocycles. The summed E-state index contributed by atoms with van der Waals surface area (Å²) in [5.74, 6) is 0.915. The van der Waals surface area contributed by atoms with Crippen LogP contribution in [0.25, 0.3) is 0 Å². The molecule has 1 heterocycles. The molecule has 138 valence electrons. The predicted molar refractivity (Wildman–Crippen MR) is 104 cm³/mol. The van der Waals surface area contributed by atoms with E-state index in [4.69, 9.17) is 16.3 Å². The molecule has 1 aromatic carbocycles. The van der Waals surface area contributed by atoms with Gasteiger partial charge in [0.25, 0.3) is 0 Å². The standard InChI is InChI=1S/C16H24ClN3O2.2ClH/c1-18-13-4-3-9-20(11-13)16(21)7-8-19-14-10-12(17)5-6-15(14)22-2;;/h5-6,10,13,18-19H,3-4,7-9,11H2,1-2H3;2*1H. The van der Waals surface area contributed by atoms with Gasteiger partial charge in [-0.05, 0) is 38.1 Å². The number of ether oxygens (including phenoxy) is 1. The van der Waals surface area contributed by atoms with Crippen LogP contribution < -0.4 is 15.4 Å². The molecule has 2 rings (SSSR count). The monoisotopic (exact) mass is 397 g/mol. The van der Waals surface area contributed by atoms with Crippen molar-refractivity contribution in [2.45, 2.75) is 25.3 Å². The average molecular weight is 399 g/mol. The molecule has 8 heteroatoms. The van der Waals surface area contributed by atoms with Gasteiger partial charge in [-0.2, -0.15) is 0 Å². The Labute approximate surface area is 161 Å². The van der Waals surface area contributed by atoms with Crippen molar-refractivity contribution in [2.24, 2.45) is 0 Å². The van der Waals surface area contributed by atoms with Crippen molar-refractivity contribution in [1.82, 2.24) is 10.2 Å². The zero-order valence-electron chi connectivity index (χ0n) is 14.0. The van der Waals surface area contributed by atoms with Crippen LogP contribution in [0.5, 0.6) is 5.75 Å². The summed E-state index contributed by atoms with van der Waals surface area (Å²) in [7, 11) is 3.57. The Kier molecular flexibility index (Phi) is 11.2. The third-order valence-electron chi connectivity index (χ3n) is 4.00. The smallest absolute Gasteiger partial charge is 0.224 e. The Bertz CT molecular complexity index is 517. The molecule has 0 spiro atoms. The molecule has 1 saturated heterocycles. The summed E-state index contributed by atoms with van der Waals surface area (Å²) >= 11 is 5.99. The SMILES string of the molecule is CNC1CCCN(C(=O)CCNc2cc(Cl)ccc2OC)C1.Cl.Cl. The molecular formula is C16H26Cl3N3O2. The molecular weight excluding hydrogens is 373 g/mol. The molecule has 0 radical (unpaired) electrons. The van der Waals surface area contributed by atoms with Crippen molar-refractivity contribution in [3.8, 4) is 5.75 Å². The Morgan fingerprint density at radius 2 is 2.17 bits per heavy atom. The van der Waals surface area contributed by atoms with Gasteiger partial charge in [0.05, 0.1) is 12.8 Å². The predicted octanol–water partition coefficient (Wildman–Crippen LogP) is 3.20. The van der Waals surface area contributed by atoms with Gasteiger partial charge in [0.2, 0.25) is 5.91 Å². The summed E-state index contributed by atoms with van der Waals surface area (Å²) in [6.07, 6.45) is 2.66. The van der Waals surface area contributed by atoms with E-state index in [2.05, 4.69) is 10.6 Å². The molecule has 24 heavy (non-hydrogen) atoms. The normalized spacial score (nSPS) is 16.6. The summed E-state index contributed by atoms with van der Waals surface area (Å²) in [5, 5.41) is 7.12. The first-order valence-electron chi connectivity index (χ1n) is 7.66. The lowest BCUT2D eigenvalue weighted by atomic mass is 10.1. The van der Waals surface area contributed by atoms with E-state index in [1.807, 2.05) is 24.1 Å². The highest BCUT2D eigenvalue weighted by atomic mass is 35.5. The van der Waals surface area contributed by atoms with Crippen LogP contribution in [0, 0.1) is 0 Å². The van der Waals surface area contributed by atoms with Gasteiger partial charge >= 0.3 is 0 Å². The maximum absolute atomic E-state index is 12.3. The Morgan fingerprint density at radius 1 is 1.42 bits per heavy atom. The van der Waals surface area contributed by atoms with Crippen LogP contribution in [0.1, 0.15) is 19.3 Å². The summed E-state index contributed by atoms with van der Waals surface area (Å²) in [4.78, 5) is 14.2. The highest BCUT2D eigenvalue weighted by molar-refractivity contribution is 6.30. The first kappa shape index (κ1) is 23.1. The molecule has 1 aliphatic rings. The largest absolute Gasteiger partial charge is 0.495 e. The minimum Gasteiger partial charge on any atom is -0.495 e. The summed E-state index contributed by atoms with van der Waals surface area (Å²) in [5.41, 5.74) is 0.814. The number of nitrogens with one attached hydrogen (secondary N) is 2. The summed E-state index contributed by atoms with van der Waals surface area (Å²) in [6.45, 7) is 2.23. The number of rotatable bonds is 6. The van der Waals surface area contributed by atoms with E-state index >= 15 is 0 Å². The molecule has 0 aliphatic carbocycles. The number of hydrogen-bond acceptors (Lipinski definition) is 4. The Hall–Kier alpha value is -0.880. The fourth-order valence-electron chi connectivity index (χ4n) is 2.72. The quantitative estimate of drug-likeness (QED) is 0.772. The van der Waals surface area contributed by atoms with Gasteiger partial charge in [0.15, 0.2) is 0 Å². The number of halogens is 3. The zero-order chi connectivity index (χ0) is 15.9. The number of likely N-dealkylation sites (tertiary alicyclic amines) is 1. The molecule has 1 amide bonds. The number of methoxy groups -OCH3 is 1. The lowest BCUT2D eigenvalue weighted by Crippen LogP contribution is -2.47. The van der Waals surface area contributed by atoms with Gasteiger partial charge in [-0.3, -0.25) is 4.79 Å². The number of carbonyl (C=O) groups excluding carboxylic acids is 1. The van der Waals surface area contributed by atoms with Crippen molar-refractivity contribution in [3.63, 3.8) is 0 Å². The lowest BCUT2D eigenvalue weighted by molar-refractivity contribution is -0.132. The lowest BCUT2D eigenvalue weighted by Gasteiger charge is -2.32. The van der Waals surface area contributed by atoms with Gasteiger partial charge in [0, 0.05) is 37.1 Å². The van der Waals surface area contributed by atoms with Crippen LogP contribution in [-0.2, 0) is 4.79 Å². The second-order valence-electron chi connectivity index (χ2n) is 5.49. The molecule has 1 fully saturated rings. The van der Waals surface area contributed by atoms with Crippen LogP contribution in [0.15, 0.2) is 18.2 Å². The number of amides is 1. The van der Waals surface area contributed by atoms with Crippen LogP contribution in [0.3, 0.4) is 0 Å². The molecule has 0 bridgehead atoms. The van der Waals surface area contributed by atoms with E-state index < -0.39 is 0 Å². The molecule has 1 aliphatic heterocycles. The van der Waals surface area contributed by atoms with Crippen LogP contribution in [-0.4, -0.2) is 50.6 Å². The van der Waals surface area contributed by atoms with Gasteiger partial charge in [-0.15, -0.1) is 24.8 Å². The number of benzene rings is 1. The highest BCUT2D eigenvalue weighted by Crippen LogP contribution is 2.27. The number of piperidine rings is 1. The first-order valence-corrected chi connectivity index (χ1v) is 8.04. The Balaban J connectivity index is 0.00000264. The number of likely N-dealkylation sites (N-methyl/N-ethyl adjacent to an activating group) is 1. The minimum atomic E-state index is 0. The van der Waals surface area contributed by atoms with Crippen molar-refractivity contribution in [3.05, 3.63) is 23.2 Å². The number of anilines is 1. The van der Waals surface area contributed by atoms with E-state index in [1.165, 1.54) is 0 Å². The van der Waals surface area contributed by atoms with E-state index in [9.17, 15) is 4.79 Å². The average Bonchev–Trinajstić information content (AvgIpc) is 2.55. The molecule has 2 N–H and O–H groups in total. The molecule has 0 aromatic heterocycles. The van der Waals surface area contributed by atoms with Crippen molar-refractivity contribution >= 4 is 48.0 Å². The summed E-state index contributed by atoms with van der Waals surface area (Å²) < 4.78 is 5.28. The first-order chi connectivity index (χ1) is 10.6. The van der Waals surface area contributed by atoms with Crippen molar-refractivity contribution in [2.75, 3.05) is 39.1 Å². The fraction of sp³-hybridized carbons (Fsp3) is 0.562. The second-order valence-corrected chi connectivity index (χ2v) is 5.93. The number of nitrogens with zero attached hydrogens (tertiary/aromatic N) is 1. The molecule has 5 nitrogen and oxygen atoms in total. The fourth-order valence-corrected chi connectivity index (χ4v) is 2.89. The Morgan fingerprint density at radius 3 is 2.83 bits per heavy atom. The van der Waals surface area contributed by atoms with Crippen molar-refractivity contribution in [1.29, 1.82) is 0 Å². The van der Waals surface area contributed by atoms with E-state index in [1.54, 1.807) is 13.2 Å². The number of carbonyl (C=O) groups is 1. The topological polar surface area (TPSA) is 53.6 Å². The second kappa shape index (κ2) is 11.6. The van der Waals surface area contributed by atoms with Crippen molar-refractivity contribution < 1.29 is 9.53 Å². The van der Waals surface area contributed by atoms with E-state index in [-0.39, 0.29) is 30.7 Å². The molecule has 1 aromatic rings.